The lowest BCUT2D eigenvalue weighted by atomic mass is 9.81. The molecule has 1 aromatic rings. The van der Waals surface area contributed by atoms with Crippen molar-refractivity contribution in [3.8, 4) is 0 Å². The van der Waals surface area contributed by atoms with Crippen LogP contribution in [0.4, 0.5) is 0 Å². The van der Waals surface area contributed by atoms with E-state index in [1.54, 1.807) is 0 Å². The van der Waals surface area contributed by atoms with Crippen LogP contribution in [0.5, 0.6) is 0 Å². The molecule has 0 amide bonds. The van der Waals surface area contributed by atoms with Crippen molar-refractivity contribution < 1.29 is 0 Å². The molecule has 1 aliphatic heterocycles. The van der Waals surface area contributed by atoms with Crippen LogP contribution < -0.4 is 5.32 Å². The molecule has 84 valence electrons. The monoisotopic (exact) mass is 214 g/mol. The molecule has 2 aliphatic rings. The molecule has 1 aromatic heterocycles. The number of hydrogen-bond donors (Lipinski definition) is 1. The summed E-state index contributed by atoms with van der Waals surface area (Å²) in [5.41, 5.74) is 3.91. The van der Waals surface area contributed by atoms with Gasteiger partial charge in [-0.1, -0.05) is 12.1 Å². The second-order valence-corrected chi connectivity index (χ2v) is 5.00. The van der Waals surface area contributed by atoms with Crippen LogP contribution in [-0.4, -0.2) is 18.1 Å². The fraction of sp³-hybridized carbons (Fsp3) is 0.500. The highest BCUT2D eigenvalue weighted by Crippen LogP contribution is 2.35. The van der Waals surface area contributed by atoms with Crippen LogP contribution in [0.25, 0.3) is 5.57 Å². The molecule has 0 bridgehead atoms. The third-order valence-corrected chi connectivity index (χ3v) is 3.87. The van der Waals surface area contributed by atoms with Crippen molar-refractivity contribution in [3.63, 3.8) is 0 Å². The number of allylic oxidation sites excluding steroid dienone is 1. The normalized spacial score (nSPS) is 28.7. The molecule has 2 heteroatoms. The average Bonchev–Trinajstić information content (AvgIpc) is 2.77. The molecule has 16 heavy (non-hydrogen) atoms. The van der Waals surface area contributed by atoms with E-state index in [1.165, 1.54) is 30.5 Å². The molecule has 0 saturated carbocycles. The minimum absolute atomic E-state index is 0.755. The zero-order chi connectivity index (χ0) is 11.0. The first-order valence-electron chi connectivity index (χ1n) is 6.17. The van der Waals surface area contributed by atoms with E-state index in [9.17, 15) is 0 Å². The van der Waals surface area contributed by atoms with Gasteiger partial charge in [-0.2, -0.15) is 0 Å². The van der Waals surface area contributed by atoms with Gasteiger partial charge in [0.15, 0.2) is 0 Å². The van der Waals surface area contributed by atoms with Crippen LogP contribution in [0.3, 0.4) is 0 Å². The number of nitrogens with one attached hydrogen (secondary N) is 1. The van der Waals surface area contributed by atoms with E-state index in [4.69, 9.17) is 0 Å². The van der Waals surface area contributed by atoms with Crippen molar-refractivity contribution in [2.75, 3.05) is 13.1 Å². The van der Waals surface area contributed by atoms with E-state index in [1.807, 2.05) is 13.1 Å². The maximum absolute atomic E-state index is 4.38. The highest BCUT2D eigenvalue weighted by molar-refractivity contribution is 5.66. The Morgan fingerprint density at radius 2 is 2.25 bits per heavy atom. The Bertz CT molecular complexity index is 405. The standard InChI is InChI=1S/C14H18N2/c1-10-2-3-13(9-16-10)11-4-5-12-7-15-8-14(12)6-11/h2-3,6,9,12,14-15H,4-5,7-8H2,1H3/t12-,14+/m1/s1. The van der Waals surface area contributed by atoms with Gasteiger partial charge in [-0.25, -0.2) is 0 Å². The summed E-state index contributed by atoms with van der Waals surface area (Å²) in [6.45, 7) is 4.41. The van der Waals surface area contributed by atoms with Gasteiger partial charge >= 0.3 is 0 Å². The Balaban J connectivity index is 1.87. The highest BCUT2D eigenvalue weighted by Gasteiger charge is 2.28. The summed E-state index contributed by atoms with van der Waals surface area (Å²) >= 11 is 0. The van der Waals surface area contributed by atoms with Gasteiger partial charge in [-0.05, 0) is 55.3 Å². The quantitative estimate of drug-likeness (QED) is 0.776. The number of aromatic nitrogens is 1. The number of rotatable bonds is 1. The molecule has 3 rings (SSSR count). The fourth-order valence-electron chi connectivity index (χ4n) is 2.85. The Morgan fingerprint density at radius 3 is 3.06 bits per heavy atom. The van der Waals surface area contributed by atoms with Crippen LogP contribution >= 0.6 is 0 Å². The van der Waals surface area contributed by atoms with E-state index >= 15 is 0 Å². The molecule has 0 radical (unpaired) electrons. The first kappa shape index (κ1) is 10.0. The van der Waals surface area contributed by atoms with Crippen molar-refractivity contribution in [2.24, 2.45) is 11.8 Å². The molecule has 0 unspecified atom stereocenters. The summed E-state index contributed by atoms with van der Waals surface area (Å²) in [5.74, 6) is 1.63. The zero-order valence-electron chi connectivity index (χ0n) is 9.74. The predicted octanol–water partition coefficient (Wildman–Crippen LogP) is 2.40. The summed E-state index contributed by atoms with van der Waals surface area (Å²) in [4.78, 5) is 4.38. The summed E-state index contributed by atoms with van der Waals surface area (Å²) < 4.78 is 0. The topological polar surface area (TPSA) is 24.9 Å². The van der Waals surface area contributed by atoms with E-state index in [0.717, 1.165) is 24.1 Å². The molecule has 2 heterocycles. The summed E-state index contributed by atoms with van der Waals surface area (Å²) in [5, 5.41) is 3.49. The number of nitrogens with zero attached hydrogens (tertiary/aromatic N) is 1. The highest BCUT2D eigenvalue weighted by atomic mass is 14.9. The SMILES string of the molecule is Cc1ccc(C2=C[C@H]3CNC[C@H]3CC2)cn1. The Kier molecular flexibility index (Phi) is 2.52. The second-order valence-electron chi connectivity index (χ2n) is 5.00. The molecule has 2 atom stereocenters. The minimum atomic E-state index is 0.755. The van der Waals surface area contributed by atoms with Crippen LogP contribution in [0.2, 0.25) is 0 Å². The lowest BCUT2D eigenvalue weighted by Crippen LogP contribution is -2.15. The molecule has 1 aliphatic carbocycles. The van der Waals surface area contributed by atoms with E-state index in [-0.39, 0.29) is 0 Å². The average molecular weight is 214 g/mol. The zero-order valence-corrected chi connectivity index (χ0v) is 9.74. The van der Waals surface area contributed by atoms with Crippen LogP contribution in [-0.2, 0) is 0 Å². The van der Waals surface area contributed by atoms with Gasteiger partial charge in [0.25, 0.3) is 0 Å². The first-order valence-corrected chi connectivity index (χ1v) is 6.17. The maximum atomic E-state index is 4.38. The number of aryl methyl sites for hydroxylation is 1. The van der Waals surface area contributed by atoms with Gasteiger partial charge in [0.2, 0.25) is 0 Å². The van der Waals surface area contributed by atoms with Gasteiger partial charge in [0, 0.05) is 18.4 Å². The van der Waals surface area contributed by atoms with Crippen LogP contribution in [0, 0.1) is 18.8 Å². The Morgan fingerprint density at radius 1 is 1.31 bits per heavy atom. The fourth-order valence-corrected chi connectivity index (χ4v) is 2.85. The summed E-state index contributed by atoms with van der Waals surface area (Å²) in [6.07, 6.45) is 7.04. The van der Waals surface area contributed by atoms with Crippen molar-refractivity contribution in [2.45, 2.75) is 19.8 Å². The molecule has 0 spiro atoms. The lowest BCUT2D eigenvalue weighted by molar-refractivity contribution is 0.448. The van der Waals surface area contributed by atoms with Gasteiger partial charge < -0.3 is 5.32 Å². The van der Waals surface area contributed by atoms with E-state index in [0.29, 0.717) is 0 Å². The third-order valence-electron chi connectivity index (χ3n) is 3.87. The molecular formula is C14H18N2. The Hall–Kier alpha value is -1.15. The van der Waals surface area contributed by atoms with Gasteiger partial charge in [-0.3, -0.25) is 4.98 Å². The van der Waals surface area contributed by atoms with Crippen molar-refractivity contribution in [3.05, 3.63) is 35.7 Å². The lowest BCUT2D eigenvalue weighted by Gasteiger charge is -2.23. The molecular weight excluding hydrogens is 196 g/mol. The van der Waals surface area contributed by atoms with Crippen LogP contribution in [0.1, 0.15) is 24.1 Å². The van der Waals surface area contributed by atoms with Crippen molar-refractivity contribution >= 4 is 5.57 Å². The van der Waals surface area contributed by atoms with E-state index < -0.39 is 0 Å². The van der Waals surface area contributed by atoms with Crippen LogP contribution in [0.15, 0.2) is 24.4 Å². The van der Waals surface area contributed by atoms with Gasteiger partial charge in [-0.15, -0.1) is 0 Å². The first-order chi connectivity index (χ1) is 7.83. The minimum Gasteiger partial charge on any atom is -0.316 e. The summed E-state index contributed by atoms with van der Waals surface area (Å²) in [7, 11) is 0. The molecule has 1 fully saturated rings. The number of pyridine rings is 1. The number of fused-ring (bicyclic) bond motifs is 1. The molecule has 0 aromatic carbocycles. The number of hydrogen-bond acceptors (Lipinski definition) is 2. The van der Waals surface area contributed by atoms with Crippen molar-refractivity contribution in [1.82, 2.24) is 10.3 Å². The summed E-state index contributed by atoms with van der Waals surface area (Å²) in [6, 6.07) is 4.31. The predicted molar refractivity (Wildman–Crippen MR) is 66.0 cm³/mol. The molecule has 2 nitrogen and oxygen atoms in total. The van der Waals surface area contributed by atoms with Crippen molar-refractivity contribution in [1.29, 1.82) is 0 Å². The van der Waals surface area contributed by atoms with Gasteiger partial charge in [0.1, 0.15) is 0 Å². The Labute approximate surface area is 96.8 Å². The second kappa shape index (κ2) is 4.02. The molecule has 1 saturated heterocycles. The molecule has 1 N–H and O–H groups in total. The largest absolute Gasteiger partial charge is 0.316 e. The van der Waals surface area contributed by atoms with E-state index in [2.05, 4.69) is 28.5 Å². The van der Waals surface area contributed by atoms with Gasteiger partial charge in [0.05, 0.1) is 0 Å². The third kappa shape index (κ3) is 1.78. The maximum Gasteiger partial charge on any atom is 0.0373 e. The smallest absolute Gasteiger partial charge is 0.0373 e.